The van der Waals surface area contributed by atoms with Gasteiger partial charge in [-0.15, -0.1) is 0 Å². The number of aromatic nitrogens is 2. The summed E-state index contributed by atoms with van der Waals surface area (Å²) >= 11 is 5.94. The van der Waals surface area contributed by atoms with Gasteiger partial charge in [-0.05, 0) is 18.6 Å². The molecule has 0 unspecified atom stereocenters. The fourth-order valence-corrected chi connectivity index (χ4v) is 1.43. The second-order valence-electron chi connectivity index (χ2n) is 3.63. The van der Waals surface area contributed by atoms with Crippen LogP contribution in [-0.4, -0.2) is 17.1 Å². The molecule has 94 valence electrons. The first-order valence-corrected chi connectivity index (χ1v) is 5.58. The predicted octanol–water partition coefficient (Wildman–Crippen LogP) is 2.82. The molecule has 0 spiro atoms. The van der Waals surface area contributed by atoms with Gasteiger partial charge in [0.25, 0.3) is 0 Å². The molecule has 0 amide bonds. The first-order valence-electron chi connectivity index (χ1n) is 5.20. The van der Waals surface area contributed by atoms with E-state index in [0.717, 1.165) is 5.56 Å². The number of methoxy groups -OCH3 is 1. The zero-order valence-electron chi connectivity index (χ0n) is 9.98. The van der Waals surface area contributed by atoms with E-state index in [0.29, 0.717) is 16.5 Å². The Kier molecular flexibility index (Phi) is 3.53. The van der Waals surface area contributed by atoms with E-state index in [9.17, 15) is 0 Å². The van der Waals surface area contributed by atoms with E-state index in [1.54, 1.807) is 12.1 Å². The van der Waals surface area contributed by atoms with E-state index in [1.807, 2.05) is 13.0 Å². The van der Waals surface area contributed by atoms with E-state index in [2.05, 4.69) is 9.97 Å². The molecule has 0 saturated carbocycles. The third-order valence-corrected chi connectivity index (χ3v) is 2.60. The van der Waals surface area contributed by atoms with Crippen molar-refractivity contribution in [1.82, 2.24) is 9.97 Å². The number of benzene rings is 1. The van der Waals surface area contributed by atoms with Crippen LogP contribution in [0.3, 0.4) is 0 Å². The number of nitrogens with two attached hydrogens (primary N) is 1. The van der Waals surface area contributed by atoms with E-state index in [1.165, 1.54) is 13.3 Å². The van der Waals surface area contributed by atoms with Crippen molar-refractivity contribution in [2.75, 3.05) is 12.8 Å². The molecule has 1 aromatic carbocycles. The summed E-state index contributed by atoms with van der Waals surface area (Å²) in [6, 6.07) is 5.54. The lowest BCUT2D eigenvalue weighted by Crippen LogP contribution is -1.96. The molecule has 0 aliphatic rings. The topological polar surface area (TPSA) is 70.3 Å². The highest BCUT2D eigenvalue weighted by molar-refractivity contribution is 6.31. The maximum atomic E-state index is 5.94. The Labute approximate surface area is 110 Å². The number of hydrogen-bond donors (Lipinski definition) is 1. The quantitative estimate of drug-likeness (QED) is 0.864. The molecule has 1 heterocycles. The fraction of sp³-hybridized carbons (Fsp3) is 0.167. The fourth-order valence-electron chi connectivity index (χ4n) is 1.30. The summed E-state index contributed by atoms with van der Waals surface area (Å²) in [6.07, 6.45) is 1.42. The number of nitrogens with zero attached hydrogens (tertiary/aromatic N) is 2. The zero-order chi connectivity index (χ0) is 13.1. The monoisotopic (exact) mass is 265 g/mol. The number of aryl methyl sites for hydroxylation is 1. The summed E-state index contributed by atoms with van der Waals surface area (Å²) in [4.78, 5) is 7.87. The zero-order valence-corrected chi connectivity index (χ0v) is 10.7. The molecule has 2 N–H and O–H groups in total. The first-order chi connectivity index (χ1) is 8.60. The molecular formula is C12H12ClN3O2. The minimum Gasteiger partial charge on any atom is -0.467 e. The molecule has 0 saturated heterocycles. The van der Waals surface area contributed by atoms with Crippen LogP contribution in [0.5, 0.6) is 17.6 Å². The average Bonchev–Trinajstić information content (AvgIpc) is 2.36. The van der Waals surface area contributed by atoms with Gasteiger partial charge in [0.2, 0.25) is 5.88 Å². The third kappa shape index (κ3) is 2.62. The number of halogens is 1. The van der Waals surface area contributed by atoms with Gasteiger partial charge in [0, 0.05) is 11.8 Å². The van der Waals surface area contributed by atoms with Crippen LogP contribution >= 0.6 is 11.6 Å². The minimum atomic E-state index is 0.189. The van der Waals surface area contributed by atoms with Gasteiger partial charge in [-0.1, -0.05) is 17.7 Å². The Morgan fingerprint density at radius 3 is 2.78 bits per heavy atom. The van der Waals surface area contributed by atoms with Crippen LogP contribution in [0, 0.1) is 6.92 Å². The summed E-state index contributed by atoms with van der Waals surface area (Å²) in [5.74, 6) is 0.785. The van der Waals surface area contributed by atoms with Crippen molar-refractivity contribution in [3.63, 3.8) is 0 Å². The van der Waals surface area contributed by atoms with Gasteiger partial charge in [0.05, 0.1) is 13.3 Å². The van der Waals surface area contributed by atoms with Gasteiger partial charge in [0.1, 0.15) is 10.8 Å². The van der Waals surface area contributed by atoms with Gasteiger partial charge < -0.3 is 15.2 Å². The molecule has 0 atom stereocenters. The summed E-state index contributed by atoms with van der Waals surface area (Å²) in [6.45, 7) is 1.92. The number of anilines is 1. The molecule has 0 radical (unpaired) electrons. The van der Waals surface area contributed by atoms with Crippen molar-refractivity contribution in [3.8, 4) is 17.6 Å². The van der Waals surface area contributed by atoms with Gasteiger partial charge >= 0.3 is 6.01 Å². The molecule has 2 rings (SSSR count). The van der Waals surface area contributed by atoms with Crippen molar-refractivity contribution >= 4 is 17.3 Å². The molecule has 1 aromatic heterocycles. The van der Waals surface area contributed by atoms with Crippen LogP contribution in [0.4, 0.5) is 5.69 Å². The van der Waals surface area contributed by atoms with Gasteiger partial charge in [-0.2, -0.15) is 4.98 Å². The highest BCUT2D eigenvalue weighted by atomic mass is 35.5. The van der Waals surface area contributed by atoms with Crippen LogP contribution in [-0.2, 0) is 0 Å². The van der Waals surface area contributed by atoms with Crippen molar-refractivity contribution in [2.45, 2.75) is 6.92 Å². The maximum absolute atomic E-state index is 5.94. The Morgan fingerprint density at radius 2 is 2.11 bits per heavy atom. The average molecular weight is 266 g/mol. The van der Waals surface area contributed by atoms with E-state index in [4.69, 9.17) is 26.8 Å². The normalized spacial score (nSPS) is 10.2. The molecule has 5 nitrogen and oxygen atoms in total. The molecule has 0 fully saturated rings. The lowest BCUT2D eigenvalue weighted by Gasteiger charge is -2.08. The van der Waals surface area contributed by atoms with Crippen molar-refractivity contribution in [1.29, 1.82) is 0 Å². The maximum Gasteiger partial charge on any atom is 0.319 e. The van der Waals surface area contributed by atoms with Crippen LogP contribution in [0.25, 0.3) is 0 Å². The second kappa shape index (κ2) is 5.10. The highest BCUT2D eigenvalue weighted by Gasteiger charge is 2.08. The summed E-state index contributed by atoms with van der Waals surface area (Å²) in [7, 11) is 1.47. The Morgan fingerprint density at radius 1 is 1.33 bits per heavy atom. The molecule has 0 aliphatic heterocycles. The number of hydrogen-bond acceptors (Lipinski definition) is 5. The number of nitrogen functional groups attached to an aromatic ring is 1. The van der Waals surface area contributed by atoms with Gasteiger partial charge in [-0.25, -0.2) is 4.98 Å². The molecule has 2 aromatic rings. The lowest BCUT2D eigenvalue weighted by atomic mass is 10.2. The van der Waals surface area contributed by atoms with E-state index >= 15 is 0 Å². The Hall–Kier alpha value is -2.01. The summed E-state index contributed by atoms with van der Waals surface area (Å²) < 4.78 is 10.4. The molecule has 0 aliphatic carbocycles. The summed E-state index contributed by atoms with van der Waals surface area (Å²) in [5, 5.41) is 0.301. The van der Waals surface area contributed by atoms with Crippen molar-refractivity contribution in [2.24, 2.45) is 0 Å². The number of rotatable bonds is 3. The minimum absolute atomic E-state index is 0.189. The van der Waals surface area contributed by atoms with Crippen LogP contribution in [0.2, 0.25) is 5.02 Å². The lowest BCUT2D eigenvalue weighted by molar-refractivity contribution is 0.366. The van der Waals surface area contributed by atoms with Gasteiger partial charge in [-0.3, -0.25) is 0 Å². The van der Waals surface area contributed by atoms with Crippen LogP contribution in [0.1, 0.15) is 5.56 Å². The van der Waals surface area contributed by atoms with E-state index in [-0.39, 0.29) is 11.9 Å². The van der Waals surface area contributed by atoms with Crippen LogP contribution < -0.4 is 15.2 Å². The molecule has 18 heavy (non-hydrogen) atoms. The van der Waals surface area contributed by atoms with Crippen molar-refractivity contribution < 1.29 is 9.47 Å². The smallest absolute Gasteiger partial charge is 0.319 e. The standard InChI is InChI=1S/C12H12ClN3O2/c1-7-3-4-8(5-10(7)14)18-11-9(13)6-15-12(16-11)17-2/h3-6H,14H2,1-2H3. The first kappa shape index (κ1) is 12.4. The predicted molar refractivity (Wildman–Crippen MR) is 69.3 cm³/mol. The Bertz CT molecular complexity index is 575. The molecule has 6 heteroatoms. The van der Waals surface area contributed by atoms with Gasteiger partial charge in [0.15, 0.2) is 0 Å². The van der Waals surface area contributed by atoms with E-state index < -0.39 is 0 Å². The third-order valence-electron chi connectivity index (χ3n) is 2.34. The van der Waals surface area contributed by atoms with Crippen molar-refractivity contribution in [3.05, 3.63) is 35.0 Å². The number of ether oxygens (including phenoxy) is 2. The molecule has 0 bridgehead atoms. The Balaban J connectivity index is 2.30. The second-order valence-corrected chi connectivity index (χ2v) is 4.04. The highest BCUT2D eigenvalue weighted by Crippen LogP contribution is 2.29. The van der Waals surface area contributed by atoms with Crippen LogP contribution in [0.15, 0.2) is 24.4 Å². The summed E-state index contributed by atoms with van der Waals surface area (Å²) in [5.41, 5.74) is 7.42. The largest absolute Gasteiger partial charge is 0.467 e. The SMILES string of the molecule is COc1ncc(Cl)c(Oc2ccc(C)c(N)c2)n1. The molecular weight excluding hydrogens is 254 g/mol.